The average molecular weight is 283 g/mol. The minimum absolute atomic E-state index is 0.171. The summed E-state index contributed by atoms with van der Waals surface area (Å²) in [6.45, 7) is 5.23. The summed E-state index contributed by atoms with van der Waals surface area (Å²) in [7, 11) is 0. The molecule has 0 bridgehead atoms. The van der Waals surface area contributed by atoms with Gasteiger partial charge < -0.3 is 10.6 Å². The molecule has 5 nitrogen and oxygen atoms in total. The highest BCUT2D eigenvalue weighted by Gasteiger charge is 2.09. The highest BCUT2D eigenvalue weighted by Crippen LogP contribution is 2.18. The van der Waals surface area contributed by atoms with Gasteiger partial charge in [0, 0.05) is 24.4 Å². The summed E-state index contributed by atoms with van der Waals surface area (Å²) in [6, 6.07) is 8.78. The number of carbonyl (C=O) groups is 2. The van der Waals surface area contributed by atoms with E-state index in [9.17, 15) is 9.59 Å². The number of hydrogen-bond acceptors (Lipinski definition) is 3. The van der Waals surface area contributed by atoms with Crippen LogP contribution in [-0.4, -0.2) is 16.8 Å². The fourth-order valence-corrected chi connectivity index (χ4v) is 1.82. The number of hydrogen-bond donors (Lipinski definition) is 2. The van der Waals surface area contributed by atoms with E-state index in [2.05, 4.69) is 15.6 Å². The van der Waals surface area contributed by atoms with Crippen molar-refractivity contribution in [2.75, 3.05) is 10.6 Å². The smallest absolute Gasteiger partial charge is 0.256 e. The summed E-state index contributed by atoms with van der Waals surface area (Å²) in [6.07, 6.45) is 1.69. The molecule has 2 N–H and O–H groups in total. The van der Waals surface area contributed by atoms with Crippen molar-refractivity contribution in [2.24, 2.45) is 0 Å². The molecule has 0 aliphatic rings. The monoisotopic (exact) mass is 283 g/mol. The molecule has 2 amide bonds. The molecular weight excluding hydrogens is 266 g/mol. The number of amides is 2. The van der Waals surface area contributed by atoms with Crippen molar-refractivity contribution in [3.8, 4) is 0 Å². The first kappa shape index (κ1) is 14.7. The first-order valence-electron chi connectivity index (χ1n) is 6.58. The van der Waals surface area contributed by atoms with Crippen LogP contribution in [0.25, 0.3) is 0 Å². The topological polar surface area (TPSA) is 71.1 Å². The molecular formula is C16H17N3O2. The number of pyridine rings is 1. The van der Waals surface area contributed by atoms with E-state index in [4.69, 9.17) is 0 Å². The fraction of sp³-hybridized carbons (Fsp3) is 0.188. The zero-order chi connectivity index (χ0) is 15.4. The third kappa shape index (κ3) is 3.89. The minimum Gasteiger partial charge on any atom is -0.326 e. The van der Waals surface area contributed by atoms with Crippen molar-refractivity contribution >= 4 is 23.3 Å². The Bertz CT molecular complexity index is 678. The maximum absolute atomic E-state index is 12.2. The van der Waals surface area contributed by atoms with Gasteiger partial charge in [-0.25, -0.2) is 4.98 Å². The van der Waals surface area contributed by atoms with Crippen LogP contribution in [0.15, 0.2) is 36.5 Å². The number of nitrogens with zero attached hydrogens (tertiary/aromatic N) is 1. The Hall–Kier alpha value is -2.69. The molecule has 0 saturated carbocycles. The molecule has 108 valence electrons. The molecule has 0 aliphatic heterocycles. The highest BCUT2D eigenvalue weighted by atomic mass is 16.2. The van der Waals surface area contributed by atoms with E-state index in [1.807, 2.05) is 19.9 Å². The van der Waals surface area contributed by atoms with Gasteiger partial charge in [-0.05, 0) is 43.2 Å². The van der Waals surface area contributed by atoms with E-state index in [-0.39, 0.29) is 11.8 Å². The number of anilines is 2. The Morgan fingerprint density at radius 1 is 1.05 bits per heavy atom. The molecule has 0 aliphatic carbocycles. The van der Waals surface area contributed by atoms with Crippen molar-refractivity contribution in [1.82, 2.24) is 4.98 Å². The zero-order valence-electron chi connectivity index (χ0n) is 12.2. The first-order chi connectivity index (χ1) is 9.95. The second-order valence-electron chi connectivity index (χ2n) is 4.89. The maximum Gasteiger partial charge on any atom is 0.256 e. The normalized spacial score (nSPS) is 10.0. The summed E-state index contributed by atoms with van der Waals surface area (Å²) < 4.78 is 0. The molecule has 0 spiro atoms. The molecule has 0 unspecified atom stereocenters. The number of aromatic nitrogens is 1. The lowest BCUT2D eigenvalue weighted by Gasteiger charge is -2.09. The van der Waals surface area contributed by atoms with Crippen LogP contribution < -0.4 is 10.6 Å². The summed E-state index contributed by atoms with van der Waals surface area (Å²) in [5.41, 5.74) is 3.02. The quantitative estimate of drug-likeness (QED) is 0.909. The number of nitrogens with one attached hydrogen (secondary N) is 2. The van der Waals surface area contributed by atoms with Gasteiger partial charge in [-0.3, -0.25) is 9.59 Å². The Morgan fingerprint density at radius 3 is 2.43 bits per heavy atom. The summed E-state index contributed by atoms with van der Waals surface area (Å²) in [4.78, 5) is 27.5. The summed E-state index contributed by atoms with van der Waals surface area (Å²) in [5.74, 6) is 0.0565. The Labute approximate surface area is 123 Å². The molecule has 21 heavy (non-hydrogen) atoms. The molecule has 1 heterocycles. The standard InChI is InChI=1S/C16H17N3O2/c1-10-4-7-15(17-9-10)19-16(21)13-6-5-11(2)14(8-13)18-12(3)20/h4-9H,1-3H3,(H,18,20)(H,17,19,21). The molecule has 0 fully saturated rings. The molecule has 1 aromatic heterocycles. The fourth-order valence-electron chi connectivity index (χ4n) is 1.82. The second kappa shape index (κ2) is 6.17. The van der Waals surface area contributed by atoms with Gasteiger partial charge in [-0.2, -0.15) is 0 Å². The predicted octanol–water partition coefficient (Wildman–Crippen LogP) is 2.91. The number of aryl methyl sites for hydroxylation is 2. The van der Waals surface area contributed by atoms with Crippen LogP contribution in [0, 0.1) is 13.8 Å². The van der Waals surface area contributed by atoms with Gasteiger partial charge in [-0.15, -0.1) is 0 Å². The van der Waals surface area contributed by atoms with E-state index >= 15 is 0 Å². The summed E-state index contributed by atoms with van der Waals surface area (Å²) in [5, 5.41) is 5.43. The molecule has 0 radical (unpaired) electrons. The van der Waals surface area contributed by atoms with Crippen LogP contribution in [0.4, 0.5) is 11.5 Å². The first-order valence-corrected chi connectivity index (χ1v) is 6.58. The van der Waals surface area contributed by atoms with Crippen LogP contribution in [0.5, 0.6) is 0 Å². The third-order valence-electron chi connectivity index (χ3n) is 2.96. The van der Waals surface area contributed by atoms with E-state index in [0.29, 0.717) is 17.1 Å². The molecule has 0 atom stereocenters. The van der Waals surface area contributed by atoms with Crippen molar-refractivity contribution in [3.05, 3.63) is 53.2 Å². The van der Waals surface area contributed by atoms with Crippen molar-refractivity contribution in [1.29, 1.82) is 0 Å². The lowest BCUT2D eigenvalue weighted by atomic mass is 10.1. The average Bonchev–Trinajstić information content (AvgIpc) is 2.43. The van der Waals surface area contributed by atoms with E-state index in [1.54, 1.807) is 30.5 Å². The lowest BCUT2D eigenvalue weighted by Crippen LogP contribution is -2.14. The second-order valence-corrected chi connectivity index (χ2v) is 4.89. The van der Waals surface area contributed by atoms with Gasteiger partial charge in [0.25, 0.3) is 5.91 Å². The molecule has 2 aromatic rings. The largest absolute Gasteiger partial charge is 0.326 e. The minimum atomic E-state index is -0.266. The molecule has 0 saturated heterocycles. The van der Waals surface area contributed by atoms with Crippen molar-refractivity contribution in [2.45, 2.75) is 20.8 Å². The number of rotatable bonds is 3. The van der Waals surface area contributed by atoms with Gasteiger partial charge >= 0.3 is 0 Å². The van der Waals surface area contributed by atoms with Crippen LogP contribution >= 0.6 is 0 Å². The Balaban J connectivity index is 2.19. The zero-order valence-corrected chi connectivity index (χ0v) is 12.2. The van der Waals surface area contributed by atoms with Gasteiger partial charge in [-0.1, -0.05) is 12.1 Å². The van der Waals surface area contributed by atoms with Crippen LogP contribution in [0.1, 0.15) is 28.4 Å². The molecule has 5 heteroatoms. The SMILES string of the molecule is CC(=O)Nc1cc(C(=O)Nc2ccc(C)cn2)ccc1C. The van der Waals surface area contributed by atoms with Gasteiger partial charge in [0.2, 0.25) is 5.91 Å². The predicted molar refractivity (Wildman–Crippen MR) is 82.4 cm³/mol. The van der Waals surface area contributed by atoms with E-state index < -0.39 is 0 Å². The maximum atomic E-state index is 12.2. The number of benzene rings is 1. The Morgan fingerprint density at radius 2 is 1.81 bits per heavy atom. The van der Waals surface area contributed by atoms with Gasteiger partial charge in [0.05, 0.1) is 0 Å². The Kier molecular flexibility index (Phi) is 4.33. The van der Waals surface area contributed by atoms with Crippen LogP contribution in [-0.2, 0) is 4.79 Å². The molecule has 1 aromatic carbocycles. The third-order valence-corrected chi connectivity index (χ3v) is 2.96. The van der Waals surface area contributed by atoms with Crippen LogP contribution in [0.2, 0.25) is 0 Å². The van der Waals surface area contributed by atoms with Crippen molar-refractivity contribution < 1.29 is 9.59 Å². The van der Waals surface area contributed by atoms with Crippen molar-refractivity contribution in [3.63, 3.8) is 0 Å². The van der Waals surface area contributed by atoms with Gasteiger partial charge in [0.15, 0.2) is 0 Å². The molecule has 2 rings (SSSR count). The number of carbonyl (C=O) groups excluding carboxylic acids is 2. The summed E-state index contributed by atoms with van der Waals surface area (Å²) >= 11 is 0. The van der Waals surface area contributed by atoms with Crippen LogP contribution in [0.3, 0.4) is 0 Å². The van der Waals surface area contributed by atoms with Gasteiger partial charge in [0.1, 0.15) is 5.82 Å². The lowest BCUT2D eigenvalue weighted by molar-refractivity contribution is -0.114. The van der Waals surface area contributed by atoms with E-state index in [0.717, 1.165) is 11.1 Å². The highest BCUT2D eigenvalue weighted by molar-refractivity contribution is 6.05. The van der Waals surface area contributed by atoms with E-state index in [1.165, 1.54) is 6.92 Å².